The highest BCUT2D eigenvalue weighted by Gasteiger charge is 2.25. The molecule has 150 valence electrons. The topological polar surface area (TPSA) is 41.6 Å². The van der Waals surface area contributed by atoms with Gasteiger partial charge in [0.2, 0.25) is 5.91 Å². The van der Waals surface area contributed by atoms with E-state index in [0.717, 1.165) is 31.5 Å². The van der Waals surface area contributed by atoms with E-state index in [2.05, 4.69) is 10.2 Å². The zero-order valence-electron chi connectivity index (χ0n) is 15.5. The van der Waals surface area contributed by atoms with Crippen molar-refractivity contribution in [2.75, 3.05) is 26.2 Å². The Labute approximate surface area is 180 Å². The van der Waals surface area contributed by atoms with E-state index >= 15 is 0 Å². The van der Waals surface area contributed by atoms with E-state index in [-0.39, 0.29) is 11.8 Å². The average molecular weight is 442 g/mol. The summed E-state index contributed by atoms with van der Waals surface area (Å²) >= 11 is 18.6. The fourth-order valence-electron chi connectivity index (χ4n) is 3.30. The van der Waals surface area contributed by atoms with Crippen LogP contribution in [0.4, 0.5) is 0 Å². The van der Waals surface area contributed by atoms with E-state index < -0.39 is 0 Å². The summed E-state index contributed by atoms with van der Waals surface area (Å²) in [5.41, 5.74) is 0.949. The molecule has 4 nitrogen and oxygen atoms in total. The highest BCUT2D eigenvalue weighted by Crippen LogP contribution is 2.28. The molecule has 0 spiro atoms. The van der Waals surface area contributed by atoms with Gasteiger partial charge in [-0.2, -0.15) is 0 Å². The minimum Gasteiger partial charge on any atom is -0.490 e. The smallest absolute Gasteiger partial charge is 0.223 e. The number of piperidine rings is 1. The molecule has 0 aliphatic carbocycles. The number of ether oxygens (including phenoxy) is 1. The molecule has 28 heavy (non-hydrogen) atoms. The number of amides is 1. The third-order valence-corrected chi connectivity index (χ3v) is 5.92. The number of nitrogens with zero attached hydrogens (tertiary/aromatic N) is 1. The highest BCUT2D eigenvalue weighted by molar-refractivity contribution is 6.36. The quantitative estimate of drug-likeness (QED) is 0.611. The number of hydrogen-bond donors (Lipinski definition) is 1. The van der Waals surface area contributed by atoms with Gasteiger partial charge in [-0.05, 0) is 50.2 Å². The maximum absolute atomic E-state index is 12.4. The van der Waals surface area contributed by atoms with E-state index in [0.29, 0.717) is 40.5 Å². The van der Waals surface area contributed by atoms with Crippen LogP contribution in [0.25, 0.3) is 0 Å². The van der Waals surface area contributed by atoms with E-state index in [9.17, 15) is 4.79 Å². The monoisotopic (exact) mass is 440 g/mol. The van der Waals surface area contributed by atoms with Crippen molar-refractivity contribution in [3.8, 4) is 5.75 Å². The molecule has 1 aliphatic rings. The summed E-state index contributed by atoms with van der Waals surface area (Å²) in [6.07, 6.45) is 1.64. The Kier molecular flexibility index (Phi) is 7.86. The van der Waals surface area contributed by atoms with Crippen molar-refractivity contribution in [3.63, 3.8) is 0 Å². The van der Waals surface area contributed by atoms with Crippen LogP contribution in [0.1, 0.15) is 18.4 Å². The van der Waals surface area contributed by atoms with Gasteiger partial charge >= 0.3 is 0 Å². The fourth-order valence-corrected chi connectivity index (χ4v) is 4.01. The molecule has 0 bridgehead atoms. The van der Waals surface area contributed by atoms with E-state index in [1.54, 1.807) is 6.07 Å². The van der Waals surface area contributed by atoms with Gasteiger partial charge in [0.25, 0.3) is 0 Å². The number of carbonyl (C=O) groups excluding carboxylic acids is 1. The summed E-state index contributed by atoms with van der Waals surface area (Å²) in [5, 5.41) is 4.90. The molecular formula is C21H23Cl3N2O2. The molecule has 2 aromatic rings. The predicted octanol–water partition coefficient (Wildman–Crippen LogP) is 5.05. The Balaban J connectivity index is 1.38. The van der Waals surface area contributed by atoms with Crippen molar-refractivity contribution in [2.45, 2.75) is 19.4 Å². The van der Waals surface area contributed by atoms with Gasteiger partial charge in [-0.3, -0.25) is 9.69 Å². The Morgan fingerprint density at radius 1 is 1.00 bits per heavy atom. The second-order valence-electron chi connectivity index (χ2n) is 6.82. The summed E-state index contributed by atoms with van der Waals surface area (Å²) in [6.45, 7) is 3.24. The van der Waals surface area contributed by atoms with Gasteiger partial charge in [-0.25, -0.2) is 0 Å². The lowest BCUT2D eigenvalue weighted by atomic mass is 9.95. The van der Waals surface area contributed by atoms with Crippen molar-refractivity contribution in [2.24, 2.45) is 5.92 Å². The van der Waals surface area contributed by atoms with E-state index in [1.807, 2.05) is 36.4 Å². The molecular weight excluding hydrogens is 419 g/mol. The van der Waals surface area contributed by atoms with Crippen molar-refractivity contribution >= 4 is 40.7 Å². The molecule has 2 aromatic carbocycles. The normalized spacial score (nSPS) is 15.4. The van der Waals surface area contributed by atoms with Crippen molar-refractivity contribution < 1.29 is 9.53 Å². The lowest BCUT2D eigenvalue weighted by Gasteiger charge is -2.31. The molecule has 1 fully saturated rings. The standard InChI is InChI=1S/C21H23Cl3N2O2/c22-17-5-3-6-18(23)16(17)14-26-11-8-15(9-12-26)21(27)25-10-13-28-20-7-2-1-4-19(20)24/h1-7,15H,8-14H2,(H,25,27). The second kappa shape index (κ2) is 10.4. The van der Waals surface area contributed by atoms with Gasteiger partial charge in [-0.1, -0.05) is 53.0 Å². The van der Waals surface area contributed by atoms with Crippen LogP contribution in [0.2, 0.25) is 15.1 Å². The Hall–Kier alpha value is -1.46. The predicted molar refractivity (Wildman–Crippen MR) is 114 cm³/mol. The minimum atomic E-state index is 0.0262. The largest absolute Gasteiger partial charge is 0.490 e. The van der Waals surface area contributed by atoms with Crippen LogP contribution in [0.5, 0.6) is 5.75 Å². The van der Waals surface area contributed by atoms with Gasteiger partial charge in [0.1, 0.15) is 12.4 Å². The zero-order valence-corrected chi connectivity index (χ0v) is 17.7. The molecule has 3 rings (SSSR count). The third kappa shape index (κ3) is 5.77. The van der Waals surface area contributed by atoms with Gasteiger partial charge in [0, 0.05) is 28.1 Å². The molecule has 0 aromatic heterocycles. The molecule has 0 radical (unpaired) electrons. The molecule has 1 N–H and O–H groups in total. The van der Waals surface area contributed by atoms with Crippen LogP contribution in [0.15, 0.2) is 42.5 Å². The first-order valence-electron chi connectivity index (χ1n) is 9.35. The maximum Gasteiger partial charge on any atom is 0.223 e. The molecule has 1 aliphatic heterocycles. The molecule has 1 heterocycles. The number of carbonyl (C=O) groups is 1. The van der Waals surface area contributed by atoms with Gasteiger partial charge in [0.05, 0.1) is 11.6 Å². The first-order chi connectivity index (χ1) is 13.5. The fraction of sp³-hybridized carbons (Fsp3) is 0.381. The third-order valence-electron chi connectivity index (χ3n) is 4.90. The lowest BCUT2D eigenvalue weighted by molar-refractivity contribution is -0.126. The summed E-state index contributed by atoms with van der Waals surface area (Å²) in [5.74, 6) is 0.737. The minimum absolute atomic E-state index is 0.0262. The number of likely N-dealkylation sites (tertiary alicyclic amines) is 1. The summed E-state index contributed by atoms with van der Waals surface area (Å²) < 4.78 is 5.60. The molecule has 1 saturated heterocycles. The maximum atomic E-state index is 12.4. The Morgan fingerprint density at radius 3 is 2.32 bits per heavy atom. The highest BCUT2D eigenvalue weighted by atomic mass is 35.5. The van der Waals surface area contributed by atoms with Crippen LogP contribution < -0.4 is 10.1 Å². The molecule has 0 atom stereocenters. The van der Waals surface area contributed by atoms with Crippen molar-refractivity contribution in [1.29, 1.82) is 0 Å². The molecule has 0 unspecified atom stereocenters. The Morgan fingerprint density at radius 2 is 1.64 bits per heavy atom. The molecule has 7 heteroatoms. The summed E-state index contributed by atoms with van der Waals surface area (Å²) in [7, 11) is 0. The SMILES string of the molecule is O=C(NCCOc1ccccc1Cl)C1CCN(Cc2c(Cl)cccc2Cl)CC1. The number of para-hydroxylation sites is 1. The average Bonchev–Trinajstić information content (AvgIpc) is 2.70. The Bertz CT molecular complexity index is 788. The van der Waals surface area contributed by atoms with Gasteiger partial charge < -0.3 is 10.1 Å². The van der Waals surface area contributed by atoms with Crippen LogP contribution >= 0.6 is 34.8 Å². The van der Waals surface area contributed by atoms with Crippen LogP contribution in [0.3, 0.4) is 0 Å². The number of benzene rings is 2. The van der Waals surface area contributed by atoms with Crippen LogP contribution in [-0.2, 0) is 11.3 Å². The molecule has 0 saturated carbocycles. The van der Waals surface area contributed by atoms with Crippen molar-refractivity contribution in [3.05, 3.63) is 63.1 Å². The second-order valence-corrected chi connectivity index (χ2v) is 8.04. The number of nitrogens with one attached hydrogen (secondary N) is 1. The van der Waals surface area contributed by atoms with Crippen LogP contribution in [0, 0.1) is 5.92 Å². The molecule has 1 amide bonds. The van der Waals surface area contributed by atoms with Crippen molar-refractivity contribution in [1.82, 2.24) is 10.2 Å². The summed E-state index contributed by atoms with van der Waals surface area (Å²) in [6, 6.07) is 12.9. The van der Waals surface area contributed by atoms with E-state index in [1.165, 1.54) is 0 Å². The van der Waals surface area contributed by atoms with Crippen LogP contribution in [-0.4, -0.2) is 37.0 Å². The number of hydrogen-bond acceptors (Lipinski definition) is 3. The summed E-state index contributed by atoms with van der Waals surface area (Å²) in [4.78, 5) is 14.7. The number of halogens is 3. The van der Waals surface area contributed by atoms with E-state index in [4.69, 9.17) is 39.5 Å². The zero-order chi connectivity index (χ0) is 19.9. The van der Waals surface area contributed by atoms with Gasteiger partial charge in [-0.15, -0.1) is 0 Å². The first kappa shape index (κ1) is 21.3. The first-order valence-corrected chi connectivity index (χ1v) is 10.5. The number of rotatable bonds is 7. The lowest BCUT2D eigenvalue weighted by Crippen LogP contribution is -2.41. The van der Waals surface area contributed by atoms with Gasteiger partial charge in [0.15, 0.2) is 0 Å².